The molecule has 0 spiro atoms. The van der Waals surface area contributed by atoms with Crippen molar-refractivity contribution in [3.05, 3.63) is 57.2 Å². The molecule has 4 atom stereocenters. The Kier molecular flexibility index (Phi) is 25.2. The number of aromatic nitrogens is 1. The second-order valence-electron chi connectivity index (χ2n) is 11.4. The number of Topliss-reactive ketones (excluding diaryl/α,β-unsaturated/α-hetero) is 1. The first kappa shape index (κ1) is 42.5. The van der Waals surface area contributed by atoms with E-state index in [1.807, 2.05) is 39.8 Å². The number of nitrogens with one attached hydrogen (secondary N) is 1. The lowest BCUT2D eigenvalue weighted by Gasteiger charge is -2.25. The van der Waals surface area contributed by atoms with E-state index in [2.05, 4.69) is 31.0 Å². The molecule has 0 bridgehead atoms. The Labute approximate surface area is 280 Å². The van der Waals surface area contributed by atoms with Crippen LogP contribution in [-0.2, 0) is 14.4 Å². The molecule has 2 aliphatic rings. The molecule has 0 amide bonds. The molecule has 2 N–H and O–H groups in total. The van der Waals surface area contributed by atoms with E-state index < -0.39 is 5.97 Å². The number of halogens is 1. The van der Waals surface area contributed by atoms with Gasteiger partial charge in [-0.2, -0.15) is 0 Å². The number of carboxylic acid groups (broad SMARTS) is 1. The molecule has 0 radical (unpaired) electrons. The first-order valence-electron chi connectivity index (χ1n) is 16.9. The number of hydrogen-bond donors (Lipinski definition) is 2. The summed E-state index contributed by atoms with van der Waals surface area (Å²) in [6.07, 6.45) is 22.8. The van der Waals surface area contributed by atoms with Crippen LogP contribution >= 0.6 is 22.9 Å². The average Bonchev–Trinajstić information content (AvgIpc) is 3.74. The monoisotopic (exact) mass is 663 g/mol. The first-order chi connectivity index (χ1) is 21.7. The molecule has 2 saturated carbocycles. The quantitative estimate of drug-likeness (QED) is 0.134. The SMILES string of the molecule is C/C=C\C.CC.CCCCC(=O)CC1CCC[C@@H](C=O)C1.CCCCC/C=C\[C@@H]1C[C@@H]1C(=O)O.O=c1[nH]c2ccc(Cl)cc2s1. The highest BCUT2D eigenvalue weighted by Gasteiger charge is 2.40. The third-order valence-corrected chi connectivity index (χ3v) is 8.65. The van der Waals surface area contributed by atoms with E-state index in [0.717, 1.165) is 74.3 Å². The molecule has 1 aromatic carbocycles. The third kappa shape index (κ3) is 20.3. The molecule has 2 aromatic rings. The highest BCUT2D eigenvalue weighted by atomic mass is 35.5. The van der Waals surface area contributed by atoms with Gasteiger partial charge in [-0.05, 0) is 88.8 Å². The number of carboxylic acids is 1. The molecule has 254 valence electrons. The van der Waals surface area contributed by atoms with Crippen LogP contribution in [0.4, 0.5) is 0 Å². The third-order valence-electron chi connectivity index (χ3n) is 7.57. The largest absolute Gasteiger partial charge is 0.481 e. The topological polar surface area (TPSA) is 104 Å². The van der Waals surface area contributed by atoms with Crippen LogP contribution < -0.4 is 4.87 Å². The van der Waals surface area contributed by atoms with Gasteiger partial charge < -0.3 is 14.9 Å². The zero-order valence-electron chi connectivity index (χ0n) is 28.5. The lowest BCUT2D eigenvalue weighted by atomic mass is 9.79. The number of ketones is 1. The van der Waals surface area contributed by atoms with E-state index in [9.17, 15) is 19.2 Å². The smallest absolute Gasteiger partial charge is 0.307 e. The van der Waals surface area contributed by atoms with Crippen molar-refractivity contribution in [2.24, 2.45) is 23.7 Å². The minimum absolute atomic E-state index is 0.0396. The van der Waals surface area contributed by atoms with Gasteiger partial charge >= 0.3 is 10.8 Å². The predicted molar refractivity (Wildman–Crippen MR) is 192 cm³/mol. The van der Waals surface area contributed by atoms with Crippen LogP contribution in [0.25, 0.3) is 10.2 Å². The van der Waals surface area contributed by atoms with E-state index in [4.69, 9.17) is 16.7 Å². The minimum atomic E-state index is -0.636. The summed E-state index contributed by atoms with van der Waals surface area (Å²) in [4.78, 5) is 46.2. The Hall–Kier alpha value is -2.51. The van der Waals surface area contributed by atoms with Crippen LogP contribution in [0.5, 0.6) is 0 Å². The van der Waals surface area contributed by atoms with Gasteiger partial charge in [-0.3, -0.25) is 14.4 Å². The lowest BCUT2D eigenvalue weighted by Crippen LogP contribution is -2.19. The lowest BCUT2D eigenvalue weighted by molar-refractivity contribution is -0.138. The summed E-state index contributed by atoms with van der Waals surface area (Å²) in [7, 11) is 0. The van der Waals surface area contributed by atoms with Crippen molar-refractivity contribution in [3.8, 4) is 0 Å². The molecule has 6 nitrogen and oxygen atoms in total. The van der Waals surface area contributed by atoms with Crippen LogP contribution in [0.15, 0.2) is 47.3 Å². The molecular formula is C37H58ClNO5S. The fraction of sp³-hybridized carbons (Fsp3) is 0.622. The number of thiazole rings is 1. The zero-order valence-corrected chi connectivity index (χ0v) is 30.1. The number of fused-ring (bicyclic) bond motifs is 1. The Balaban J connectivity index is 0.000000596. The number of aldehydes is 1. The number of benzene rings is 1. The van der Waals surface area contributed by atoms with Gasteiger partial charge in [0.2, 0.25) is 0 Å². The van der Waals surface area contributed by atoms with Crippen molar-refractivity contribution in [1.29, 1.82) is 0 Å². The minimum Gasteiger partial charge on any atom is -0.481 e. The number of aliphatic carboxylic acids is 1. The van der Waals surface area contributed by atoms with Crippen LogP contribution in [0, 0.1) is 23.7 Å². The van der Waals surface area contributed by atoms with E-state index >= 15 is 0 Å². The summed E-state index contributed by atoms with van der Waals surface area (Å²) in [5.41, 5.74) is 0.851. The molecule has 8 heteroatoms. The van der Waals surface area contributed by atoms with Crippen molar-refractivity contribution in [2.75, 3.05) is 0 Å². The molecule has 4 rings (SSSR count). The number of aromatic amines is 1. The molecule has 45 heavy (non-hydrogen) atoms. The van der Waals surface area contributed by atoms with Gasteiger partial charge in [0.05, 0.1) is 16.1 Å². The van der Waals surface area contributed by atoms with Crippen LogP contribution in [0.3, 0.4) is 0 Å². The van der Waals surface area contributed by atoms with Crippen LogP contribution in [0.2, 0.25) is 5.02 Å². The number of H-pyrrole nitrogens is 1. The summed E-state index contributed by atoms with van der Waals surface area (Å²) in [6, 6.07) is 5.33. The highest BCUT2D eigenvalue weighted by molar-refractivity contribution is 7.16. The molecule has 0 aliphatic heterocycles. The highest BCUT2D eigenvalue weighted by Crippen LogP contribution is 2.39. The number of allylic oxidation sites excluding steroid dienone is 4. The second kappa shape index (κ2) is 26.7. The number of rotatable bonds is 12. The van der Waals surface area contributed by atoms with Crippen molar-refractivity contribution < 1.29 is 19.5 Å². The standard InChI is InChI=1S/C13H22O2.C11H18O2.C7H4ClNOS.C4H8.C2H6/c1-2-3-7-13(15)9-11-5-4-6-12(8-11)10-14;1-2-3-4-5-6-7-9-8-10(9)11(12)13;8-4-1-2-5-6(3-4)11-7(10)9-5;1-3-4-2;1-2/h10-12H,2-9H2,1H3;6-7,9-10H,2-5,8H2,1H3,(H,12,13);1-3H,(H,9,10);3-4H,1-2H3;1-2H3/b;7-6-;;4-3-;/t11?,12-;9-,10+;;;/m11.../s1. The van der Waals surface area contributed by atoms with Crippen LogP contribution in [-0.4, -0.2) is 28.1 Å². The van der Waals surface area contributed by atoms with Gasteiger partial charge in [0.1, 0.15) is 12.1 Å². The molecule has 1 heterocycles. The maximum atomic E-state index is 11.6. The fourth-order valence-corrected chi connectivity index (χ4v) is 5.87. The van der Waals surface area contributed by atoms with Gasteiger partial charge in [0, 0.05) is 23.8 Å². The Morgan fingerprint density at radius 3 is 2.31 bits per heavy atom. The number of hydrogen-bond acceptors (Lipinski definition) is 5. The average molecular weight is 664 g/mol. The molecular weight excluding hydrogens is 606 g/mol. The Morgan fingerprint density at radius 1 is 1.04 bits per heavy atom. The molecule has 2 aliphatic carbocycles. The van der Waals surface area contributed by atoms with Gasteiger partial charge in [0.25, 0.3) is 0 Å². The van der Waals surface area contributed by atoms with Gasteiger partial charge in [-0.15, -0.1) is 0 Å². The first-order valence-corrected chi connectivity index (χ1v) is 18.1. The predicted octanol–water partition coefficient (Wildman–Crippen LogP) is 10.8. The Bertz CT molecular complexity index is 1200. The molecule has 0 saturated heterocycles. The van der Waals surface area contributed by atoms with E-state index in [1.54, 1.807) is 18.2 Å². The summed E-state index contributed by atoms with van der Waals surface area (Å²) >= 11 is 6.89. The van der Waals surface area contributed by atoms with Crippen molar-refractivity contribution in [1.82, 2.24) is 4.98 Å². The normalized spacial score (nSPS) is 20.0. The van der Waals surface area contributed by atoms with Crippen molar-refractivity contribution in [2.45, 2.75) is 125 Å². The van der Waals surface area contributed by atoms with E-state index in [1.165, 1.54) is 30.6 Å². The van der Waals surface area contributed by atoms with E-state index in [-0.39, 0.29) is 16.7 Å². The van der Waals surface area contributed by atoms with Gasteiger partial charge in [0.15, 0.2) is 0 Å². The zero-order chi connectivity index (χ0) is 34.0. The fourth-order valence-electron chi connectivity index (χ4n) is 4.85. The van der Waals surface area contributed by atoms with Crippen LogP contribution in [0.1, 0.15) is 125 Å². The molecule has 1 unspecified atom stereocenters. The molecule has 1 aromatic heterocycles. The van der Waals surface area contributed by atoms with E-state index in [0.29, 0.717) is 29.1 Å². The summed E-state index contributed by atoms with van der Waals surface area (Å²) in [5, 5.41) is 9.29. The number of carbonyl (C=O) groups excluding carboxylic acids is 2. The van der Waals surface area contributed by atoms with Gasteiger partial charge in [-0.1, -0.05) is 101 Å². The molecule has 2 fully saturated rings. The van der Waals surface area contributed by atoms with Crippen molar-refractivity contribution >= 4 is 51.2 Å². The van der Waals surface area contributed by atoms with Gasteiger partial charge in [-0.25, -0.2) is 0 Å². The van der Waals surface area contributed by atoms with Crippen molar-refractivity contribution in [3.63, 3.8) is 0 Å². The second-order valence-corrected chi connectivity index (χ2v) is 12.8. The maximum absolute atomic E-state index is 11.6. The summed E-state index contributed by atoms with van der Waals surface area (Å²) < 4.78 is 0.905. The number of carbonyl (C=O) groups is 3. The maximum Gasteiger partial charge on any atom is 0.307 e. The Morgan fingerprint density at radius 2 is 1.73 bits per heavy atom. The number of unbranched alkanes of at least 4 members (excludes halogenated alkanes) is 4. The summed E-state index contributed by atoms with van der Waals surface area (Å²) in [6.45, 7) is 12.3. The summed E-state index contributed by atoms with van der Waals surface area (Å²) in [5.74, 6) is 0.721.